The highest BCUT2D eigenvalue weighted by Gasteiger charge is 2.19. The number of aromatic nitrogens is 1. The third kappa shape index (κ3) is 3.87. The van der Waals surface area contributed by atoms with E-state index in [4.69, 9.17) is 5.11 Å². The third-order valence-corrected chi connectivity index (χ3v) is 2.81. The molecule has 4 nitrogen and oxygen atoms in total. The van der Waals surface area contributed by atoms with Gasteiger partial charge in [-0.05, 0) is 19.3 Å². The van der Waals surface area contributed by atoms with Crippen molar-refractivity contribution in [2.45, 2.75) is 33.2 Å². The standard InChI is InChI=1S/C10H16N2O2S/c1-6(2)4-8(9(13)14)12-10-11-7(3)5-15-10/h5-6,8H,4H2,1-3H3,(H,11,12)(H,13,14). The summed E-state index contributed by atoms with van der Waals surface area (Å²) in [4.78, 5) is 15.1. The zero-order chi connectivity index (χ0) is 11.4. The fourth-order valence-corrected chi connectivity index (χ4v) is 2.00. The Labute approximate surface area is 93.4 Å². The van der Waals surface area contributed by atoms with E-state index in [1.165, 1.54) is 11.3 Å². The van der Waals surface area contributed by atoms with Crippen molar-refractivity contribution >= 4 is 22.4 Å². The van der Waals surface area contributed by atoms with Crippen LogP contribution in [0.25, 0.3) is 0 Å². The SMILES string of the molecule is Cc1csc(NC(CC(C)C)C(=O)O)n1. The summed E-state index contributed by atoms with van der Waals surface area (Å²) in [6.07, 6.45) is 0.605. The first-order valence-corrected chi connectivity index (χ1v) is 5.78. The van der Waals surface area contributed by atoms with Crippen LogP contribution in [-0.2, 0) is 4.79 Å². The lowest BCUT2D eigenvalue weighted by molar-refractivity contribution is -0.138. The maximum atomic E-state index is 11.0. The molecule has 84 valence electrons. The van der Waals surface area contributed by atoms with Crippen LogP contribution in [0.5, 0.6) is 0 Å². The molecule has 0 aromatic carbocycles. The molecule has 2 N–H and O–H groups in total. The molecule has 15 heavy (non-hydrogen) atoms. The summed E-state index contributed by atoms with van der Waals surface area (Å²) in [6, 6.07) is -0.546. The molecule has 0 aliphatic carbocycles. The van der Waals surface area contributed by atoms with Gasteiger partial charge in [-0.25, -0.2) is 9.78 Å². The molecular weight excluding hydrogens is 212 g/mol. The lowest BCUT2D eigenvalue weighted by atomic mass is 10.0. The van der Waals surface area contributed by atoms with Gasteiger partial charge >= 0.3 is 5.97 Å². The molecule has 0 amide bonds. The molecule has 0 aliphatic heterocycles. The van der Waals surface area contributed by atoms with Gasteiger partial charge in [0, 0.05) is 5.38 Å². The minimum atomic E-state index is -0.823. The average molecular weight is 228 g/mol. The van der Waals surface area contributed by atoms with Gasteiger partial charge in [-0.3, -0.25) is 0 Å². The summed E-state index contributed by atoms with van der Waals surface area (Å²) < 4.78 is 0. The Hall–Kier alpha value is -1.10. The van der Waals surface area contributed by atoms with E-state index in [1.54, 1.807) is 0 Å². The van der Waals surface area contributed by atoms with Crippen LogP contribution in [0.4, 0.5) is 5.13 Å². The van der Waals surface area contributed by atoms with Crippen LogP contribution in [0.1, 0.15) is 26.0 Å². The van der Waals surface area contributed by atoms with Gasteiger partial charge in [0.1, 0.15) is 6.04 Å². The van der Waals surface area contributed by atoms with E-state index in [1.807, 2.05) is 26.2 Å². The third-order valence-electron chi connectivity index (χ3n) is 1.92. The number of aryl methyl sites for hydroxylation is 1. The molecule has 0 fully saturated rings. The van der Waals surface area contributed by atoms with Crippen LogP contribution in [0, 0.1) is 12.8 Å². The number of aliphatic carboxylic acids is 1. The van der Waals surface area contributed by atoms with Crippen LogP contribution in [-0.4, -0.2) is 22.1 Å². The van der Waals surface area contributed by atoms with Crippen molar-refractivity contribution in [3.05, 3.63) is 11.1 Å². The van der Waals surface area contributed by atoms with Gasteiger partial charge in [0.05, 0.1) is 5.69 Å². The van der Waals surface area contributed by atoms with Crippen LogP contribution < -0.4 is 5.32 Å². The highest BCUT2D eigenvalue weighted by Crippen LogP contribution is 2.17. The van der Waals surface area contributed by atoms with Crippen LogP contribution >= 0.6 is 11.3 Å². The van der Waals surface area contributed by atoms with E-state index >= 15 is 0 Å². The molecule has 0 radical (unpaired) electrons. The van der Waals surface area contributed by atoms with Crippen molar-refractivity contribution in [1.29, 1.82) is 0 Å². The van der Waals surface area contributed by atoms with Crippen LogP contribution in [0.2, 0.25) is 0 Å². The molecule has 0 bridgehead atoms. The monoisotopic (exact) mass is 228 g/mol. The van der Waals surface area contributed by atoms with E-state index in [0.29, 0.717) is 17.5 Å². The van der Waals surface area contributed by atoms with E-state index in [-0.39, 0.29) is 0 Å². The van der Waals surface area contributed by atoms with Gasteiger partial charge in [0.2, 0.25) is 0 Å². The quantitative estimate of drug-likeness (QED) is 0.812. The first kappa shape index (κ1) is 12.0. The topological polar surface area (TPSA) is 62.2 Å². The maximum absolute atomic E-state index is 11.0. The van der Waals surface area contributed by atoms with Gasteiger partial charge in [-0.1, -0.05) is 13.8 Å². The number of carboxylic acids is 1. The number of carbonyl (C=O) groups is 1. The second-order valence-corrected chi connectivity index (χ2v) is 4.82. The average Bonchev–Trinajstić information content (AvgIpc) is 2.49. The van der Waals surface area contributed by atoms with E-state index in [2.05, 4.69) is 10.3 Å². The zero-order valence-electron chi connectivity index (χ0n) is 9.15. The highest BCUT2D eigenvalue weighted by molar-refractivity contribution is 7.13. The van der Waals surface area contributed by atoms with Gasteiger partial charge in [0.25, 0.3) is 0 Å². The van der Waals surface area contributed by atoms with Crippen LogP contribution in [0.3, 0.4) is 0 Å². The Morgan fingerprint density at radius 3 is 2.73 bits per heavy atom. The number of nitrogens with one attached hydrogen (secondary N) is 1. The normalized spacial score (nSPS) is 12.8. The van der Waals surface area contributed by atoms with E-state index in [0.717, 1.165) is 5.69 Å². The van der Waals surface area contributed by atoms with Gasteiger partial charge in [-0.2, -0.15) is 0 Å². The summed E-state index contributed by atoms with van der Waals surface area (Å²) in [5.41, 5.74) is 0.913. The Balaban J connectivity index is 2.62. The van der Waals surface area contributed by atoms with Crippen molar-refractivity contribution in [2.24, 2.45) is 5.92 Å². The minimum absolute atomic E-state index is 0.347. The number of nitrogens with zero attached hydrogens (tertiary/aromatic N) is 1. The second kappa shape index (κ2) is 5.11. The maximum Gasteiger partial charge on any atom is 0.326 e. The Morgan fingerprint density at radius 2 is 2.33 bits per heavy atom. The van der Waals surface area contributed by atoms with E-state index < -0.39 is 12.0 Å². The molecule has 1 heterocycles. The first-order chi connectivity index (χ1) is 6.99. The molecule has 1 rings (SSSR count). The van der Waals surface area contributed by atoms with Crippen molar-refractivity contribution in [2.75, 3.05) is 5.32 Å². The predicted octanol–water partition coefficient (Wildman–Crippen LogP) is 2.36. The first-order valence-electron chi connectivity index (χ1n) is 4.90. The van der Waals surface area contributed by atoms with Gasteiger partial charge < -0.3 is 10.4 Å². The number of hydrogen-bond acceptors (Lipinski definition) is 4. The number of carboxylic acid groups (broad SMARTS) is 1. The molecule has 0 saturated carbocycles. The molecule has 1 atom stereocenters. The predicted molar refractivity (Wildman–Crippen MR) is 61.4 cm³/mol. The number of anilines is 1. The molecule has 1 unspecified atom stereocenters. The van der Waals surface area contributed by atoms with Crippen molar-refractivity contribution in [1.82, 2.24) is 4.98 Å². The van der Waals surface area contributed by atoms with Gasteiger partial charge in [0.15, 0.2) is 5.13 Å². The molecule has 0 saturated heterocycles. The van der Waals surface area contributed by atoms with Crippen molar-refractivity contribution in [3.63, 3.8) is 0 Å². The molecule has 0 aliphatic rings. The second-order valence-electron chi connectivity index (χ2n) is 3.96. The summed E-state index contributed by atoms with van der Waals surface area (Å²) in [5.74, 6) is -0.476. The molecular formula is C10H16N2O2S. The largest absolute Gasteiger partial charge is 0.480 e. The van der Waals surface area contributed by atoms with Gasteiger partial charge in [-0.15, -0.1) is 11.3 Å². The highest BCUT2D eigenvalue weighted by atomic mass is 32.1. The number of hydrogen-bond donors (Lipinski definition) is 2. The lowest BCUT2D eigenvalue weighted by Crippen LogP contribution is -2.30. The molecule has 1 aromatic rings. The molecule has 0 spiro atoms. The summed E-state index contributed by atoms with van der Waals surface area (Å²) in [6.45, 7) is 5.90. The Kier molecular flexibility index (Phi) is 4.08. The zero-order valence-corrected chi connectivity index (χ0v) is 9.97. The fraction of sp³-hybridized carbons (Fsp3) is 0.600. The van der Waals surface area contributed by atoms with Crippen LogP contribution in [0.15, 0.2) is 5.38 Å². The molecule has 1 aromatic heterocycles. The molecule has 5 heteroatoms. The minimum Gasteiger partial charge on any atom is -0.480 e. The summed E-state index contributed by atoms with van der Waals surface area (Å²) in [7, 11) is 0. The Morgan fingerprint density at radius 1 is 1.67 bits per heavy atom. The Bertz CT molecular complexity index is 336. The number of thiazole rings is 1. The van der Waals surface area contributed by atoms with E-state index in [9.17, 15) is 4.79 Å². The summed E-state index contributed by atoms with van der Waals surface area (Å²) in [5, 5.41) is 14.5. The van der Waals surface area contributed by atoms with Crippen molar-refractivity contribution in [3.8, 4) is 0 Å². The smallest absolute Gasteiger partial charge is 0.326 e. The van der Waals surface area contributed by atoms with Crippen molar-refractivity contribution < 1.29 is 9.90 Å². The fourth-order valence-electron chi connectivity index (χ4n) is 1.26. The summed E-state index contributed by atoms with van der Waals surface area (Å²) >= 11 is 1.44. The number of rotatable bonds is 5. The lowest BCUT2D eigenvalue weighted by Gasteiger charge is -2.15.